The van der Waals surface area contributed by atoms with Crippen LogP contribution in [0.15, 0.2) is 18.6 Å². The Morgan fingerprint density at radius 1 is 1.22 bits per heavy atom. The standard InChI is InChI=1S/C13H21N5/c1-4-6-17-10-12(8-15-17)7-14-13-9-16-18(5-2)11(13)3/h8-10,14H,4-7H2,1-3H3. The minimum absolute atomic E-state index is 0.792. The monoisotopic (exact) mass is 247 g/mol. The van der Waals surface area contributed by atoms with Gasteiger partial charge in [-0.3, -0.25) is 9.36 Å². The van der Waals surface area contributed by atoms with Gasteiger partial charge >= 0.3 is 0 Å². The smallest absolute Gasteiger partial charge is 0.0758 e. The number of hydrogen-bond acceptors (Lipinski definition) is 3. The third-order valence-electron chi connectivity index (χ3n) is 3.03. The van der Waals surface area contributed by atoms with E-state index in [1.807, 2.05) is 21.8 Å². The van der Waals surface area contributed by atoms with E-state index < -0.39 is 0 Å². The first-order valence-electron chi connectivity index (χ1n) is 6.52. The third kappa shape index (κ3) is 2.72. The van der Waals surface area contributed by atoms with Crippen LogP contribution in [0.3, 0.4) is 0 Å². The van der Waals surface area contributed by atoms with E-state index in [4.69, 9.17) is 0 Å². The molecule has 0 unspecified atom stereocenters. The highest BCUT2D eigenvalue weighted by atomic mass is 15.3. The minimum atomic E-state index is 0.792. The molecule has 0 spiro atoms. The van der Waals surface area contributed by atoms with Crippen molar-refractivity contribution in [3.05, 3.63) is 29.8 Å². The molecule has 0 bridgehead atoms. The molecule has 2 heterocycles. The van der Waals surface area contributed by atoms with Crippen molar-refractivity contribution >= 4 is 5.69 Å². The number of aromatic nitrogens is 4. The Bertz CT molecular complexity index is 497. The lowest BCUT2D eigenvalue weighted by molar-refractivity contribution is 0.602. The van der Waals surface area contributed by atoms with E-state index in [1.54, 1.807) is 0 Å². The normalized spacial score (nSPS) is 10.8. The second-order valence-electron chi connectivity index (χ2n) is 4.42. The first-order valence-corrected chi connectivity index (χ1v) is 6.52. The highest BCUT2D eigenvalue weighted by molar-refractivity contribution is 5.46. The van der Waals surface area contributed by atoms with Crippen LogP contribution in [-0.2, 0) is 19.6 Å². The van der Waals surface area contributed by atoms with E-state index in [9.17, 15) is 0 Å². The Kier molecular flexibility index (Phi) is 4.02. The Labute approximate surface area is 108 Å². The highest BCUT2D eigenvalue weighted by Crippen LogP contribution is 2.14. The van der Waals surface area contributed by atoms with E-state index in [2.05, 4.69) is 42.5 Å². The van der Waals surface area contributed by atoms with E-state index in [0.29, 0.717) is 0 Å². The van der Waals surface area contributed by atoms with Crippen molar-refractivity contribution in [3.8, 4) is 0 Å². The number of hydrogen-bond donors (Lipinski definition) is 1. The molecule has 0 saturated carbocycles. The lowest BCUT2D eigenvalue weighted by Gasteiger charge is -2.04. The summed E-state index contributed by atoms with van der Waals surface area (Å²) in [6.45, 7) is 9.01. The average molecular weight is 247 g/mol. The zero-order chi connectivity index (χ0) is 13.0. The van der Waals surface area contributed by atoms with Crippen molar-refractivity contribution in [1.29, 1.82) is 0 Å². The number of nitrogens with zero attached hydrogens (tertiary/aromatic N) is 4. The molecule has 0 aliphatic rings. The molecule has 2 aromatic heterocycles. The van der Waals surface area contributed by atoms with Gasteiger partial charge in [0, 0.05) is 31.4 Å². The van der Waals surface area contributed by atoms with Crippen molar-refractivity contribution in [2.75, 3.05) is 5.32 Å². The molecular weight excluding hydrogens is 226 g/mol. The largest absolute Gasteiger partial charge is 0.378 e. The van der Waals surface area contributed by atoms with Crippen molar-refractivity contribution in [2.24, 2.45) is 0 Å². The lowest BCUT2D eigenvalue weighted by Crippen LogP contribution is -2.02. The summed E-state index contributed by atoms with van der Waals surface area (Å²) >= 11 is 0. The Balaban J connectivity index is 1.95. The van der Waals surface area contributed by atoms with Gasteiger partial charge in [0.25, 0.3) is 0 Å². The zero-order valence-electron chi connectivity index (χ0n) is 11.3. The van der Waals surface area contributed by atoms with Crippen LogP contribution in [0.5, 0.6) is 0 Å². The molecule has 2 rings (SSSR count). The summed E-state index contributed by atoms with van der Waals surface area (Å²) in [5, 5.41) is 12.0. The van der Waals surface area contributed by atoms with Gasteiger partial charge in [-0.05, 0) is 20.3 Å². The van der Waals surface area contributed by atoms with Crippen molar-refractivity contribution in [2.45, 2.75) is 46.8 Å². The summed E-state index contributed by atoms with van der Waals surface area (Å²) in [7, 11) is 0. The van der Waals surface area contributed by atoms with Crippen LogP contribution in [0.1, 0.15) is 31.5 Å². The van der Waals surface area contributed by atoms with Crippen LogP contribution in [0.4, 0.5) is 5.69 Å². The van der Waals surface area contributed by atoms with Gasteiger partial charge in [-0.25, -0.2) is 0 Å². The first kappa shape index (κ1) is 12.7. The molecule has 1 N–H and O–H groups in total. The fraction of sp³-hybridized carbons (Fsp3) is 0.538. The summed E-state index contributed by atoms with van der Waals surface area (Å²) in [6.07, 6.45) is 7.00. The maximum absolute atomic E-state index is 4.32. The predicted molar refractivity (Wildman–Crippen MR) is 72.5 cm³/mol. The van der Waals surface area contributed by atoms with Gasteiger partial charge in [-0.2, -0.15) is 10.2 Å². The fourth-order valence-electron chi connectivity index (χ4n) is 1.99. The van der Waals surface area contributed by atoms with Gasteiger partial charge in [0.2, 0.25) is 0 Å². The van der Waals surface area contributed by atoms with Crippen molar-refractivity contribution in [1.82, 2.24) is 19.6 Å². The molecule has 5 nitrogen and oxygen atoms in total. The molecule has 0 aliphatic carbocycles. The average Bonchev–Trinajstić information content (AvgIpc) is 2.94. The molecule has 0 amide bonds. The number of nitrogens with one attached hydrogen (secondary N) is 1. The summed E-state index contributed by atoms with van der Waals surface area (Å²) in [5.74, 6) is 0. The van der Waals surface area contributed by atoms with Gasteiger partial charge in [0.1, 0.15) is 0 Å². The maximum atomic E-state index is 4.32. The van der Waals surface area contributed by atoms with E-state index in [1.165, 1.54) is 11.3 Å². The molecule has 0 atom stereocenters. The molecule has 18 heavy (non-hydrogen) atoms. The van der Waals surface area contributed by atoms with Gasteiger partial charge in [0.05, 0.1) is 23.8 Å². The van der Waals surface area contributed by atoms with Gasteiger partial charge < -0.3 is 5.32 Å². The SMILES string of the molecule is CCCn1cc(CNc2cnn(CC)c2C)cn1. The topological polar surface area (TPSA) is 47.7 Å². The molecule has 2 aromatic rings. The summed E-state index contributed by atoms with van der Waals surface area (Å²) < 4.78 is 3.97. The number of rotatable bonds is 6. The molecule has 0 saturated heterocycles. The molecule has 0 fully saturated rings. The molecule has 0 aromatic carbocycles. The van der Waals surface area contributed by atoms with E-state index in [0.717, 1.165) is 31.7 Å². The third-order valence-corrected chi connectivity index (χ3v) is 3.03. The van der Waals surface area contributed by atoms with Crippen molar-refractivity contribution in [3.63, 3.8) is 0 Å². The highest BCUT2D eigenvalue weighted by Gasteiger charge is 2.05. The van der Waals surface area contributed by atoms with Crippen molar-refractivity contribution < 1.29 is 0 Å². The van der Waals surface area contributed by atoms with E-state index >= 15 is 0 Å². The number of aryl methyl sites for hydroxylation is 2. The summed E-state index contributed by atoms with van der Waals surface area (Å²) in [6, 6.07) is 0. The summed E-state index contributed by atoms with van der Waals surface area (Å²) in [5.41, 5.74) is 3.48. The quantitative estimate of drug-likeness (QED) is 0.853. The molecule has 5 heteroatoms. The Hall–Kier alpha value is -1.78. The van der Waals surface area contributed by atoms with Crippen LogP contribution in [-0.4, -0.2) is 19.6 Å². The van der Waals surface area contributed by atoms with Gasteiger partial charge in [-0.15, -0.1) is 0 Å². The van der Waals surface area contributed by atoms with Crippen LogP contribution < -0.4 is 5.32 Å². The predicted octanol–water partition coefficient (Wildman–Crippen LogP) is 2.43. The van der Waals surface area contributed by atoms with Gasteiger partial charge in [0.15, 0.2) is 0 Å². The van der Waals surface area contributed by atoms with Gasteiger partial charge in [-0.1, -0.05) is 6.92 Å². The fourth-order valence-corrected chi connectivity index (χ4v) is 1.99. The second-order valence-corrected chi connectivity index (χ2v) is 4.42. The Morgan fingerprint density at radius 2 is 2.06 bits per heavy atom. The van der Waals surface area contributed by atoms with Crippen LogP contribution in [0, 0.1) is 6.92 Å². The van der Waals surface area contributed by atoms with Crippen LogP contribution >= 0.6 is 0 Å². The summed E-state index contributed by atoms with van der Waals surface area (Å²) in [4.78, 5) is 0. The van der Waals surface area contributed by atoms with E-state index in [-0.39, 0.29) is 0 Å². The molecule has 0 radical (unpaired) electrons. The number of anilines is 1. The molecule has 0 aliphatic heterocycles. The zero-order valence-corrected chi connectivity index (χ0v) is 11.3. The molecule has 98 valence electrons. The molecular formula is C13H21N5. The minimum Gasteiger partial charge on any atom is -0.378 e. The second kappa shape index (κ2) is 5.71. The first-order chi connectivity index (χ1) is 8.74. The van der Waals surface area contributed by atoms with Crippen LogP contribution in [0.2, 0.25) is 0 Å². The maximum Gasteiger partial charge on any atom is 0.0758 e. The van der Waals surface area contributed by atoms with Crippen LogP contribution in [0.25, 0.3) is 0 Å². The lowest BCUT2D eigenvalue weighted by atomic mass is 10.3. The Morgan fingerprint density at radius 3 is 2.72 bits per heavy atom.